The number of carbonyl (C=O) groups is 2. The van der Waals surface area contributed by atoms with Crippen LogP contribution >= 0.6 is 0 Å². The van der Waals surface area contributed by atoms with Crippen LogP contribution in [0, 0.1) is 17.3 Å². The Bertz CT molecular complexity index is 329. The van der Waals surface area contributed by atoms with Crippen LogP contribution in [0.3, 0.4) is 0 Å². The first-order valence-electron chi connectivity index (χ1n) is 7.08. The summed E-state index contributed by atoms with van der Waals surface area (Å²) in [5, 5.41) is 14.4. The average molecular weight is 270 g/mol. The van der Waals surface area contributed by atoms with E-state index < -0.39 is 11.4 Å². The molecule has 0 aliphatic heterocycles. The second kappa shape index (κ2) is 6.78. The van der Waals surface area contributed by atoms with Gasteiger partial charge in [-0.1, -0.05) is 26.2 Å². The van der Waals surface area contributed by atoms with Crippen LogP contribution in [-0.2, 0) is 4.79 Å². The second-order valence-corrected chi connectivity index (χ2v) is 6.27. The summed E-state index contributed by atoms with van der Waals surface area (Å²) in [4.78, 5) is 22.6. The Morgan fingerprint density at radius 2 is 1.84 bits per heavy atom. The first-order chi connectivity index (χ1) is 8.83. The van der Waals surface area contributed by atoms with E-state index in [4.69, 9.17) is 5.11 Å². The Morgan fingerprint density at radius 1 is 1.21 bits per heavy atom. The number of hydrogen-bond donors (Lipinski definition) is 3. The molecule has 3 N–H and O–H groups in total. The van der Waals surface area contributed by atoms with Gasteiger partial charge < -0.3 is 15.7 Å². The Morgan fingerprint density at radius 3 is 2.42 bits per heavy atom. The van der Waals surface area contributed by atoms with Crippen molar-refractivity contribution in [3.8, 4) is 0 Å². The smallest absolute Gasteiger partial charge is 0.314 e. The first kappa shape index (κ1) is 15.8. The van der Waals surface area contributed by atoms with Gasteiger partial charge in [0.15, 0.2) is 0 Å². The largest absolute Gasteiger partial charge is 0.481 e. The molecule has 2 atom stereocenters. The molecular formula is C14H26N2O3. The van der Waals surface area contributed by atoms with Gasteiger partial charge in [0.2, 0.25) is 0 Å². The molecule has 1 aliphatic carbocycles. The lowest BCUT2D eigenvalue weighted by atomic mass is 9.80. The average Bonchev–Trinajstić information content (AvgIpc) is 2.35. The molecule has 0 spiro atoms. The van der Waals surface area contributed by atoms with Gasteiger partial charge in [0.05, 0.1) is 5.41 Å². The number of amides is 2. The van der Waals surface area contributed by atoms with Crippen molar-refractivity contribution >= 4 is 12.0 Å². The first-order valence-corrected chi connectivity index (χ1v) is 7.08. The number of hydrogen-bond acceptors (Lipinski definition) is 2. The van der Waals surface area contributed by atoms with Gasteiger partial charge in [0, 0.05) is 13.1 Å². The molecule has 2 amide bonds. The van der Waals surface area contributed by atoms with Crippen molar-refractivity contribution < 1.29 is 14.7 Å². The molecule has 0 heterocycles. The Kier molecular flexibility index (Phi) is 5.63. The van der Waals surface area contributed by atoms with Gasteiger partial charge in [-0.15, -0.1) is 0 Å². The van der Waals surface area contributed by atoms with Crippen LogP contribution in [0.4, 0.5) is 4.79 Å². The zero-order valence-electron chi connectivity index (χ0n) is 12.2. The van der Waals surface area contributed by atoms with Crippen LogP contribution in [0.25, 0.3) is 0 Å². The molecule has 0 saturated heterocycles. The fourth-order valence-electron chi connectivity index (χ4n) is 2.36. The number of carboxylic acid groups (broad SMARTS) is 1. The van der Waals surface area contributed by atoms with Crippen molar-refractivity contribution in [2.45, 2.75) is 46.5 Å². The molecule has 5 nitrogen and oxygen atoms in total. The van der Waals surface area contributed by atoms with E-state index in [1.165, 1.54) is 25.7 Å². The highest BCUT2D eigenvalue weighted by Gasteiger charge is 2.28. The fourth-order valence-corrected chi connectivity index (χ4v) is 2.36. The molecular weight excluding hydrogens is 244 g/mol. The van der Waals surface area contributed by atoms with E-state index in [2.05, 4.69) is 17.6 Å². The summed E-state index contributed by atoms with van der Waals surface area (Å²) < 4.78 is 0. The highest BCUT2D eigenvalue weighted by molar-refractivity contribution is 5.77. The standard InChI is InChI=1S/C14H26N2O3/c1-10-6-4-5-7-11(10)8-15-13(19)16-9-14(2,3)12(17)18/h10-11H,4-9H2,1-3H3,(H,17,18)(H2,15,16,19). The van der Waals surface area contributed by atoms with Gasteiger partial charge in [0.1, 0.15) is 0 Å². The quantitative estimate of drug-likeness (QED) is 0.716. The summed E-state index contributed by atoms with van der Waals surface area (Å²) >= 11 is 0. The zero-order chi connectivity index (χ0) is 14.5. The molecule has 0 aromatic heterocycles. The number of nitrogens with one attached hydrogen (secondary N) is 2. The molecule has 0 bridgehead atoms. The van der Waals surface area contributed by atoms with Crippen molar-refractivity contribution in [1.82, 2.24) is 10.6 Å². The maximum absolute atomic E-state index is 11.6. The van der Waals surface area contributed by atoms with E-state index >= 15 is 0 Å². The molecule has 0 aromatic carbocycles. The van der Waals surface area contributed by atoms with Crippen molar-refractivity contribution in [2.24, 2.45) is 17.3 Å². The highest BCUT2D eigenvalue weighted by atomic mass is 16.4. The Hall–Kier alpha value is -1.26. The number of carboxylic acids is 1. The number of carbonyl (C=O) groups excluding carboxylic acids is 1. The van der Waals surface area contributed by atoms with Gasteiger partial charge in [-0.05, 0) is 32.1 Å². The minimum Gasteiger partial charge on any atom is -0.481 e. The van der Waals surface area contributed by atoms with Crippen molar-refractivity contribution in [3.63, 3.8) is 0 Å². The van der Waals surface area contributed by atoms with Gasteiger partial charge in [0.25, 0.3) is 0 Å². The Balaban J connectivity index is 2.26. The van der Waals surface area contributed by atoms with E-state index in [0.717, 1.165) is 0 Å². The van der Waals surface area contributed by atoms with Crippen LogP contribution in [-0.4, -0.2) is 30.2 Å². The van der Waals surface area contributed by atoms with Gasteiger partial charge in [-0.25, -0.2) is 4.79 Å². The molecule has 19 heavy (non-hydrogen) atoms. The zero-order valence-corrected chi connectivity index (χ0v) is 12.2. The van der Waals surface area contributed by atoms with Crippen LogP contribution in [0.5, 0.6) is 0 Å². The van der Waals surface area contributed by atoms with Crippen molar-refractivity contribution in [3.05, 3.63) is 0 Å². The minimum atomic E-state index is -0.935. The normalized spacial score (nSPS) is 23.7. The third kappa shape index (κ3) is 5.09. The summed E-state index contributed by atoms with van der Waals surface area (Å²) in [6.45, 7) is 6.24. The molecule has 5 heteroatoms. The van der Waals surface area contributed by atoms with Gasteiger partial charge in [-0.2, -0.15) is 0 Å². The van der Waals surface area contributed by atoms with Gasteiger partial charge >= 0.3 is 12.0 Å². The third-order valence-electron chi connectivity index (χ3n) is 4.08. The summed E-state index contributed by atoms with van der Waals surface area (Å²) in [5.74, 6) is 0.296. The lowest BCUT2D eigenvalue weighted by Crippen LogP contribution is -2.45. The van der Waals surface area contributed by atoms with E-state index in [1.807, 2.05) is 0 Å². The summed E-state index contributed by atoms with van der Waals surface area (Å²) in [7, 11) is 0. The summed E-state index contributed by atoms with van der Waals surface area (Å²) in [6, 6.07) is -0.271. The lowest BCUT2D eigenvalue weighted by molar-refractivity contribution is -0.146. The molecule has 1 saturated carbocycles. The van der Waals surface area contributed by atoms with Gasteiger partial charge in [-0.3, -0.25) is 4.79 Å². The molecule has 2 unspecified atom stereocenters. The van der Waals surface area contributed by atoms with E-state index in [-0.39, 0.29) is 12.6 Å². The monoisotopic (exact) mass is 270 g/mol. The predicted octanol–water partition coefficient (Wildman–Crippen LogP) is 2.22. The Labute approximate surface area is 115 Å². The van der Waals surface area contributed by atoms with E-state index in [9.17, 15) is 9.59 Å². The number of rotatable bonds is 5. The predicted molar refractivity (Wildman–Crippen MR) is 73.9 cm³/mol. The number of urea groups is 1. The summed E-state index contributed by atoms with van der Waals surface area (Å²) in [6.07, 6.45) is 4.93. The topological polar surface area (TPSA) is 78.4 Å². The molecule has 1 aliphatic rings. The van der Waals surface area contributed by atoms with Crippen molar-refractivity contribution in [2.75, 3.05) is 13.1 Å². The summed E-state index contributed by atoms with van der Waals surface area (Å²) in [5.41, 5.74) is -0.935. The minimum absolute atomic E-state index is 0.133. The van der Waals surface area contributed by atoms with Crippen LogP contribution in [0.1, 0.15) is 46.5 Å². The van der Waals surface area contributed by atoms with Crippen LogP contribution in [0.2, 0.25) is 0 Å². The third-order valence-corrected chi connectivity index (χ3v) is 4.08. The molecule has 1 rings (SSSR count). The molecule has 0 radical (unpaired) electrons. The maximum Gasteiger partial charge on any atom is 0.314 e. The highest BCUT2D eigenvalue weighted by Crippen LogP contribution is 2.28. The van der Waals surface area contributed by atoms with E-state index in [0.29, 0.717) is 18.4 Å². The second-order valence-electron chi connectivity index (χ2n) is 6.27. The molecule has 1 fully saturated rings. The SMILES string of the molecule is CC1CCCCC1CNC(=O)NCC(C)(C)C(=O)O. The maximum atomic E-state index is 11.6. The van der Waals surface area contributed by atoms with Crippen LogP contribution < -0.4 is 10.6 Å². The van der Waals surface area contributed by atoms with Crippen molar-refractivity contribution in [1.29, 1.82) is 0 Å². The molecule has 110 valence electrons. The fraction of sp³-hybridized carbons (Fsp3) is 0.857. The number of aliphatic carboxylic acids is 1. The van der Waals surface area contributed by atoms with E-state index in [1.54, 1.807) is 13.8 Å². The molecule has 0 aromatic rings. The lowest BCUT2D eigenvalue weighted by Gasteiger charge is -2.29. The van der Waals surface area contributed by atoms with Crippen LogP contribution in [0.15, 0.2) is 0 Å².